The van der Waals surface area contributed by atoms with Gasteiger partial charge in [-0.3, -0.25) is 5.43 Å². The third-order valence-electron chi connectivity index (χ3n) is 4.68. The Hall–Kier alpha value is -3.51. The van der Waals surface area contributed by atoms with Crippen LogP contribution in [0.25, 0.3) is 0 Å². The van der Waals surface area contributed by atoms with Gasteiger partial charge in [-0.15, -0.1) is 0 Å². The van der Waals surface area contributed by atoms with E-state index < -0.39 is 24.3 Å². The van der Waals surface area contributed by atoms with Gasteiger partial charge in [-0.2, -0.15) is 5.10 Å². The zero-order valence-corrected chi connectivity index (χ0v) is 20.3. The fourth-order valence-corrected chi connectivity index (χ4v) is 3.53. The second-order valence-electron chi connectivity index (χ2n) is 7.06. The van der Waals surface area contributed by atoms with Crippen molar-refractivity contribution in [2.75, 3.05) is 20.3 Å². The highest BCUT2D eigenvalue weighted by molar-refractivity contribution is 9.10. The zero-order valence-electron chi connectivity index (χ0n) is 18.8. The maximum absolute atomic E-state index is 12.3. The average molecular weight is 537 g/mol. The lowest BCUT2D eigenvalue weighted by Crippen LogP contribution is -2.45. The molecule has 1 aromatic carbocycles. The predicted molar refractivity (Wildman–Crippen MR) is 125 cm³/mol. The van der Waals surface area contributed by atoms with E-state index in [2.05, 4.69) is 37.1 Å². The number of hydrazone groups is 1. The number of halogens is 1. The van der Waals surface area contributed by atoms with Crippen LogP contribution in [0.2, 0.25) is 0 Å². The Balaban J connectivity index is 1.72. The first kappa shape index (κ1) is 25.1. The molecule has 2 heterocycles. The van der Waals surface area contributed by atoms with Crippen LogP contribution < -0.4 is 25.5 Å². The van der Waals surface area contributed by atoms with E-state index >= 15 is 0 Å². The normalized spacial score (nSPS) is 16.6. The maximum Gasteiger partial charge on any atom is 0.337 e. The lowest BCUT2D eigenvalue weighted by Gasteiger charge is -2.28. The summed E-state index contributed by atoms with van der Waals surface area (Å²) in [5.41, 5.74) is 3.80. The number of hydrogen-bond donors (Lipinski definition) is 4. The van der Waals surface area contributed by atoms with Gasteiger partial charge in [0.1, 0.15) is 12.4 Å². The second kappa shape index (κ2) is 11.6. The molecule has 0 fully saturated rings. The molecule has 0 saturated heterocycles. The van der Waals surface area contributed by atoms with Crippen molar-refractivity contribution < 1.29 is 33.3 Å². The van der Waals surface area contributed by atoms with Crippen molar-refractivity contribution in [3.63, 3.8) is 0 Å². The number of aliphatic hydroxyl groups excluding tert-OH is 1. The van der Waals surface area contributed by atoms with Gasteiger partial charge in [-0.05, 0) is 59.6 Å². The molecule has 3 rings (SSSR count). The molecule has 2 aromatic rings. The van der Waals surface area contributed by atoms with E-state index in [1.54, 1.807) is 37.3 Å². The van der Waals surface area contributed by atoms with Crippen LogP contribution in [0.3, 0.4) is 0 Å². The summed E-state index contributed by atoms with van der Waals surface area (Å²) in [6, 6.07) is 7.24. The van der Waals surface area contributed by atoms with Gasteiger partial charge in [0.05, 0.1) is 31.5 Å². The zero-order chi connectivity index (χ0) is 24.7. The minimum atomic E-state index is -1.11. The Bertz CT molecular complexity index is 1100. The van der Waals surface area contributed by atoms with E-state index in [4.69, 9.17) is 18.6 Å². The van der Waals surface area contributed by atoms with E-state index in [1.807, 2.05) is 6.92 Å². The van der Waals surface area contributed by atoms with Gasteiger partial charge in [0, 0.05) is 5.70 Å². The number of allylic oxidation sites excluding steroid dienone is 1. The Morgan fingerprint density at radius 1 is 1.32 bits per heavy atom. The quantitative estimate of drug-likeness (QED) is 0.157. The van der Waals surface area contributed by atoms with Gasteiger partial charge < -0.3 is 34.4 Å². The minimum Gasteiger partial charge on any atom is -0.490 e. The molecule has 34 heavy (non-hydrogen) atoms. The highest BCUT2D eigenvalue weighted by atomic mass is 79.9. The number of rotatable bonds is 10. The molecule has 11 nitrogen and oxygen atoms in total. The van der Waals surface area contributed by atoms with Crippen LogP contribution in [0.4, 0.5) is 4.79 Å². The third kappa shape index (κ3) is 6.29. The smallest absolute Gasteiger partial charge is 0.337 e. The Kier molecular flexibility index (Phi) is 8.55. The number of nitrogens with zero attached hydrogens (tertiary/aromatic N) is 1. The summed E-state index contributed by atoms with van der Waals surface area (Å²) >= 11 is 3.19. The number of furan rings is 1. The highest BCUT2D eigenvalue weighted by Crippen LogP contribution is 2.34. The fourth-order valence-electron chi connectivity index (χ4n) is 3.21. The van der Waals surface area contributed by atoms with Crippen molar-refractivity contribution in [1.82, 2.24) is 16.1 Å². The molecule has 4 N–H and O–H groups in total. The van der Waals surface area contributed by atoms with E-state index in [1.165, 1.54) is 13.3 Å². The summed E-state index contributed by atoms with van der Waals surface area (Å²) in [5.74, 6) is 0.684. The number of aliphatic hydroxyl groups is 1. The first-order chi connectivity index (χ1) is 16.3. The Labute approximate surface area is 204 Å². The molecule has 2 amide bonds. The van der Waals surface area contributed by atoms with Crippen LogP contribution in [0.5, 0.6) is 11.5 Å². The van der Waals surface area contributed by atoms with Gasteiger partial charge in [0.2, 0.25) is 0 Å². The van der Waals surface area contributed by atoms with Crippen molar-refractivity contribution in [3.8, 4) is 11.5 Å². The molecule has 0 bridgehead atoms. The number of amides is 2. The molecular weight excluding hydrogens is 512 g/mol. The topological polar surface area (TPSA) is 144 Å². The largest absolute Gasteiger partial charge is 0.490 e. The second-order valence-corrected chi connectivity index (χ2v) is 7.84. The number of carbonyl (C=O) groups is 2. The van der Waals surface area contributed by atoms with E-state index in [0.717, 1.165) is 0 Å². The number of methoxy groups -OCH3 is 1. The molecule has 182 valence electrons. The van der Waals surface area contributed by atoms with Gasteiger partial charge in [-0.25, -0.2) is 9.59 Å². The van der Waals surface area contributed by atoms with Crippen molar-refractivity contribution in [1.29, 1.82) is 0 Å². The number of benzene rings is 1. The molecule has 0 unspecified atom stereocenters. The number of hydrogen-bond acceptors (Lipinski definition) is 9. The molecule has 0 saturated carbocycles. The monoisotopic (exact) mass is 536 g/mol. The number of carbonyl (C=O) groups excluding carboxylic acids is 2. The van der Waals surface area contributed by atoms with Gasteiger partial charge in [0.15, 0.2) is 22.4 Å². The average Bonchev–Trinajstić information content (AvgIpc) is 3.22. The van der Waals surface area contributed by atoms with Gasteiger partial charge in [0.25, 0.3) is 0 Å². The minimum absolute atomic E-state index is 0.130. The fraction of sp³-hybridized carbons (Fsp3) is 0.318. The number of esters is 1. The summed E-state index contributed by atoms with van der Waals surface area (Å²) in [7, 11) is 1.27. The molecule has 0 radical (unpaired) electrons. The molecule has 2 atom stereocenters. The SMILES string of the molecule is CCOc1cc([C@H]2NC(=O)NC(C)=C2C(=O)OC)ccc1OC[C@@H](O)N/N=C\c1ccc(Br)o1. The number of nitrogens with one attached hydrogen (secondary N) is 3. The van der Waals surface area contributed by atoms with Crippen LogP contribution in [-0.2, 0) is 9.53 Å². The van der Waals surface area contributed by atoms with Crippen LogP contribution in [0.15, 0.2) is 55.8 Å². The number of urea groups is 1. The van der Waals surface area contributed by atoms with Gasteiger partial charge >= 0.3 is 12.0 Å². The summed E-state index contributed by atoms with van der Waals surface area (Å²) in [6.07, 6.45) is 0.305. The van der Waals surface area contributed by atoms with Gasteiger partial charge in [-0.1, -0.05) is 6.07 Å². The van der Waals surface area contributed by atoms with Crippen LogP contribution in [-0.4, -0.2) is 49.9 Å². The van der Waals surface area contributed by atoms with Crippen molar-refractivity contribution >= 4 is 34.1 Å². The van der Waals surface area contributed by atoms with Crippen molar-refractivity contribution in [2.45, 2.75) is 26.1 Å². The molecule has 0 spiro atoms. The maximum atomic E-state index is 12.3. The molecule has 1 aromatic heterocycles. The highest BCUT2D eigenvalue weighted by Gasteiger charge is 2.32. The van der Waals surface area contributed by atoms with E-state index in [0.29, 0.717) is 39.8 Å². The standard InChI is InChI=1S/C22H25BrN4O7/c1-4-32-16-9-13(20-19(21(29)31-3)12(2)25-22(30)26-20)5-7-15(16)33-11-18(28)27-24-10-14-6-8-17(23)34-14/h5-10,18,20,27-28H,4,11H2,1-3H3,(H2,25,26,30)/b24-10-/t18-,20-/m1/s1. The molecule has 1 aliphatic heterocycles. The lowest BCUT2D eigenvalue weighted by molar-refractivity contribution is -0.136. The van der Waals surface area contributed by atoms with E-state index in [9.17, 15) is 14.7 Å². The van der Waals surface area contributed by atoms with Crippen LogP contribution in [0, 0.1) is 0 Å². The summed E-state index contributed by atoms with van der Waals surface area (Å²) < 4.78 is 22.1. The van der Waals surface area contributed by atoms with Crippen LogP contribution >= 0.6 is 15.9 Å². The van der Waals surface area contributed by atoms with Crippen molar-refractivity contribution in [2.24, 2.45) is 5.10 Å². The number of ether oxygens (including phenoxy) is 3. The molecular formula is C22H25BrN4O7. The summed E-state index contributed by atoms with van der Waals surface area (Å²) in [6.45, 7) is 3.65. The first-order valence-electron chi connectivity index (χ1n) is 10.3. The summed E-state index contributed by atoms with van der Waals surface area (Å²) in [4.78, 5) is 24.3. The summed E-state index contributed by atoms with van der Waals surface area (Å²) in [5, 5.41) is 19.3. The molecule has 1 aliphatic rings. The molecule has 0 aliphatic carbocycles. The lowest BCUT2D eigenvalue weighted by atomic mass is 9.95. The van der Waals surface area contributed by atoms with Crippen LogP contribution in [0.1, 0.15) is 31.2 Å². The van der Waals surface area contributed by atoms with Crippen molar-refractivity contribution in [3.05, 3.63) is 57.6 Å². The molecule has 12 heteroatoms. The Morgan fingerprint density at radius 2 is 2.12 bits per heavy atom. The third-order valence-corrected chi connectivity index (χ3v) is 5.11. The van der Waals surface area contributed by atoms with E-state index in [-0.39, 0.29) is 12.2 Å². The predicted octanol–water partition coefficient (Wildman–Crippen LogP) is 2.56. The first-order valence-corrected chi connectivity index (χ1v) is 11.1. The Morgan fingerprint density at radius 3 is 2.79 bits per heavy atom.